The molecular weight excluding hydrogens is 314 g/mol. The summed E-state index contributed by atoms with van der Waals surface area (Å²) in [6, 6.07) is 8.98. The molecule has 2 rings (SSSR count). The number of nitrogens with one attached hydrogen (secondary N) is 2. The summed E-state index contributed by atoms with van der Waals surface area (Å²) in [5.41, 5.74) is 1.68. The molecule has 0 amide bonds. The predicted molar refractivity (Wildman–Crippen MR) is 89.3 cm³/mol. The molecule has 1 aromatic rings. The second-order valence-corrected chi connectivity index (χ2v) is 6.49. The largest absolute Gasteiger partial charge is 0.356 e. The first kappa shape index (κ1) is 15.4. The van der Waals surface area contributed by atoms with Crippen molar-refractivity contribution in [1.29, 1.82) is 0 Å². The van der Waals surface area contributed by atoms with Crippen LogP contribution in [0.15, 0.2) is 33.7 Å². The Hall–Kier alpha value is -1.03. The monoisotopic (exact) mass is 337 g/mol. The van der Waals surface area contributed by atoms with Crippen LogP contribution >= 0.6 is 15.9 Å². The molecule has 0 radical (unpaired) electrons. The molecule has 4 heteroatoms. The Balaban J connectivity index is 1.98. The zero-order chi connectivity index (χ0) is 14.6. The van der Waals surface area contributed by atoms with Crippen molar-refractivity contribution in [2.24, 2.45) is 4.99 Å². The molecule has 0 spiro atoms. The van der Waals surface area contributed by atoms with Gasteiger partial charge in [-0.15, -0.1) is 0 Å². The lowest BCUT2D eigenvalue weighted by Crippen LogP contribution is -2.44. The first-order chi connectivity index (χ1) is 9.61. The van der Waals surface area contributed by atoms with Crippen molar-refractivity contribution in [1.82, 2.24) is 10.6 Å². The second kappa shape index (κ2) is 6.61. The van der Waals surface area contributed by atoms with Crippen LogP contribution in [0, 0.1) is 0 Å². The Labute approximate surface area is 130 Å². The highest BCUT2D eigenvalue weighted by Gasteiger charge is 2.45. The summed E-state index contributed by atoms with van der Waals surface area (Å²) in [5, 5.41) is 6.89. The highest BCUT2D eigenvalue weighted by atomic mass is 79.9. The molecule has 0 aromatic heterocycles. The molecule has 1 saturated carbocycles. The van der Waals surface area contributed by atoms with Gasteiger partial charge in [0.05, 0.1) is 0 Å². The van der Waals surface area contributed by atoms with E-state index in [0.29, 0.717) is 6.04 Å². The lowest BCUT2D eigenvalue weighted by molar-refractivity contribution is 0.600. The van der Waals surface area contributed by atoms with Gasteiger partial charge >= 0.3 is 0 Å². The van der Waals surface area contributed by atoms with Gasteiger partial charge in [-0.25, -0.2) is 0 Å². The van der Waals surface area contributed by atoms with E-state index in [2.05, 4.69) is 69.7 Å². The van der Waals surface area contributed by atoms with Crippen LogP contribution in [-0.4, -0.2) is 25.6 Å². The molecule has 3 nitrogen and oxygen atoms in total. The zero-order valence-corrected chi connectivity index (χ0v) is 14.1. The minimum absolute atomic E-state index is 0.271. The van der Waals surface area contributed by atoms with E-state index in [4.69, 9.17) is 0 Å². The van der Waals surface area contributed by atoms with Crippen LogP contribution in [0.4, 0.5) is 0 Å². The van der Waals surface area contributed by atoms with E-state index >= 15 is 0 Å². The van der Waals surface area contributed by atoms with Crippen LogP contribution in [0.25, 0.3) is 0 Å². The number of aliphatic imine (C=N–C) groups is 1. The van der Waals surface area contributed by atoms with Gasteiger partial charge in [0.15, 0.2) is 5.96 Å². The summed E-state index contributed by atoms with van der Waals surface area (Å²) in [7, 11) is 1.83. The topological polar surface area (TPSA) is 36.4 Å². The Bertz CT molecular complexity index is 480. The summed E-state index contributed by atoms with van der Waals surface area (Å²) in [5.74, 6) is 0.901. The van der Waals surface area contributed by atoms with Gasteiger partial charge in [-0.2, -0.15) is 0 Å². The minimum Gasteiger partial charge on any atom is -0.356 e. The fraction of sp³-hybridized carbons (Fsp3) is 0.562. The number of halogens is 1. The third-order valence-corrected chi connectivity index (χ3v) is 4.80. The molecular formula is C16H24BrN3. The minimum atomic E-state index is 0.271. The standard InChI is InChI=1S/C16H24BrN3/c1-4-12(2)20-15(18-3)19-11-16(9-10-16)13-7-5-6-8-14(13)17/h5-8,12H,4,9-11H2,1-3H3,(H2,18,19,20). The SMILES string of the molecule is CCC(C)NC(=NC)NCC1(c2ccccc2Br)CC1. The quantitative estimate of drug-likeness (QED) is 0.637. The van der Waals surface area contributed by atoms with Gasteiger partial charge in [0.25, 0.3) is 0 Å². The van der Waals surface area contributed by atoms with Gasteiger partial charge in [0, 0.05) is 29.5 Å². The first-order valence-electron chi connectivity index (χ1n) is 7.33. The van der Waals surface area contributed by atoms with Gasteiger partial charge in [-0.3, -0.25) is 4.99 Å². The molecule has 1 unspecified atom stereocenters. The van der Waals surface area contributed by atoms with Crippen molar-refractivity contribution >= 4 is 21.9 Å². The maximum Gasteiger partial charge on any atom is 0.191 e. The zero-order valence-electron chi connectivity index (χ0n) is 12.5. The van der Waals surface area contributed by atoms with E-state index in [-0.39, 0.29) is 5.41 Å². The van der Waals surface area contributed by atoms with E-state index in [0.717, 1.165) is 18.9 Å². The summed E-state index contributed by atoms with van der Waals surface area (Å²) in [4.78, 5) is 4.31. The lowest BCUT2D eigenvalue weighted by Gasteiger charge is -2.21. The Morgan fingerprint density at radius 3 is 2.65 bits per heavy atom. The predicted octanol–water partition coefficient (Wildman–Crippen LogP) is 3.44. The van der Waals surface area contributed by atoms with Crippen LogP contribution in [0.1, 0.15) is 38.7 Å². The van der Waals surface area contributed by atoms with Gasteiger partial charge < -0.3 is 10.6 Å². The van der Waals surface area contributed by atoms with Crippen LogP contribution < -0.4 is 10.6 Å². The van der Waals surface area contributed by atoms with Crippen molar-refractivity contribution in [2.45, 2.75) is 44.6 Å². The molecule has 0 heterocycles. The van der Waals surface area contributed by atoms with Crippen LogP contribution in [0.2, 0.25) is 0 Å². The smallest absolute Gasteiger partial charge is 0.191 e. The van der Waals surface area contributed by atoms with Crippen molar-refractivity contribution in [3.63, 3.8) is 0 Å². The third-order valence-electron chi connectivity index (χ3n) is 4.11. The molecule has 2 N–H and O–H groups in total. The van der Waals surface area contributed by atoms with E-state index < -0.39 is 0 Å². The van der Waals surface area contributed by atoms with Crippen molar-refractivity contribution in [3.05, 3.63) is 34.3 Å². The lowest BCUT2D eigenvalue weighted by atomic mass is 9.96. The van der Waals surface area contributed by atoms with E-state index in [1.54, 1.807) is 0 Å². The molecule has 20 heavy (non-hydrogen) atoms. The number of guanidine groups is 1. The number of hydrogen-bond donors (Lipinski definition) is 2. The maximum absolute atomic E-state index is 4.31. The molecule has 1 aliphatic carbocycles. The average Bonchev–Trinajstić information content (AvgIpc) is 3.24. The highest BCUT2D eigenvalue weighted by molar-refractivity contribution is 9.10. The molecule has 0 aliphatic heterocycles. The molecule has 1 aliphatic rings. The number of nitrogens with zero attached hydrogens (tertiary/aromatic N) is 1. The first-order valence-corrected chi connectivity index (χ1v) is 8.13. The number of benzene rings is 1. The maximum atomic E-state index is 4.31. The second-order valence-electron chi connectivity index (χ2n) is 5.64. The molecule has 110 valence electrons. The Kier molecular flexibility index (Phi) is 5.08. The summed E-state index contributed by atoms with van der Waals surface area (Å²) >= 11 is 3.67. The van der Waals surface area contributed by atoms with E-state index in [1.165, 1.54) is 22.9 Å². The third kappa shape index (κ3) is 3.54. The van der Waals surface area contributed by atoms with Crippen molar-refractivity contribution in [3.8, 4) is 0 Å². The van der Waals surface area contributed by atoms with E-state index in [9.17, 15) is 0 Å². The van der Waals surface area contributed by atoms with Gasteiger partial charge in [0.2, 0.25) is 0 Å². The molecule has 0 bridgehead atoms. The summed E-state index contributed by atoms with van der Waals surface area (Å²) in [6.07, 6.45) is 3.57. The fourth-order valence-electron chi connectivity index (χ4n) is 2.37. The van der Waals surface area contributed by atoms with Gasteiger partial charge in [-0.05, 0) is 37.8 Å². The number of hydrogen-bond acceptors (Lipinski definition) is 1. The van der Waals surface area contributed by atoms with Crippen molar-refractivity contribution in [2.75, 3.05) is 13.6 Å². The van der Waals surface area contributed by atoms with Gasteiger partial charge in [-0.1, -0.05) is 41.1 Å². The number of rotatable bonds is 5. The van der Waals surface area contributed by atoms with Gasteiger partial charge in [0.1, 0.15) is 0 Å². The van der Waals surface area contributed by atoms with Crippen LogP contribution in [0.3, 0.4) is 0 Å². The fourth-order valence-corrected chi connectivity index (χ4v) is 3.07. The Morgan fingerprint density at radius 2 is 2.10 bits per heavy atom. The molecule has 0 saturated heterocycles. The molecule has 1 fully saturated rings. The highest BCUT2D eigenvalue weighted by Crippen LogP contribution is 2.49. The summed E-state index contributed by atoms with van der Waals surface area (Å²) < 4.78 is 1.21. The summed E-state index contributed by atoms with van der Waals surface area (Å²) in [6.45, 7) is 5.29. The van der Waals surface area contributed by atoms with Crippen LogP contribution in [-0.2, 0) is 5.41 Å². The normalized spacial score (nSPS) is 18.5. The van der Waals surface area contributed by atoms with E-state index in [1.807, 2.05) is 7.05 Å². The van der Waals surface area contributed by atoms with Crippen molar-refractivity contribution < 1.29 is 0 Å². The van der Waals surface area contributed by atoms with Crippen LogP contribution in [0.5, 0.6) is 0 Å². The molecule has 1 atom stereocenters. The average molecular weight is 338 g/mol. The Morgan fingerprint density at radius 1 is 1.40 bits per heavy atom. The molecule has 1 aromatic carbocycles.